The summed E-state index contributed by atoms with van der Waals surface area (Å²) in [5.74, 6) is 1.56. The monoisotopic (exact) mass is 281 g/mol. The van der Waals surface area contributed by atoms with Crippen molar-refractivity contribution in [1.82, 2.24) is 4.98 Å². The van der Waals surface area contributed by atoms with Crippen molar-refractivity contribution >= 4 is 22.9 Å². The third-order valence-electron chi connectivity index (χ3n) is 2.71. The highest BCUT2D eigenvalue weighted by Crippen LogP contribution is 2.33. The Hall–Kier alpha value is -1.06. The topological polar surface area (TPSA) is 22.1 Å². The Kier molecular flexibility index (Phi) is 4.61. The molecule has 0 atom stereocenters. The van der Waals surface area contributed by atoms with Gasteiger partial charge in [-0.3, -0.25) is 0 Å². The van der Waals surface area contributed by atoms with Crippen LogP contribution < -0.4 is 4.74 Å². The number of benzene rings is 1. The van der Waals surface area contributed by atoms with Crippen molar-refractivity contribution in [1.29, 1.82) is 0 Å². The zero-order valence-electron chi connectivity index (χ0n) is 10.6. The van der Waals surface area contributed by atoms with Crippen LogP contribution in [0.3, 0.4) is 0 Å². The molecule has 4 heteroatoms. The second kappa shape index (κ2) is 6.21. The molecule has 0 radical (unpaired) electrons. The lowest BCUT2D eigenvalue weighted by Crippen LogP contribution is -1.90. The molecule has 96 valence electrons. The van der Waals surface area contributed by atoms with Gasteiger partial charge in [0.25, 0.3) is 0 Å². The maximum Gasteiger partial charge on any atom is 0.129 e. The van der Waals surface area contributed by atoms with E-state index in [1.54, 1.807) is 18.4 Å². The molecule has 2 aromatic rings. The van der Waals surface area contributed by atoms with Crippen LogP contribution in [0.5, 0.6) is 5.75 Å². The van der Waals surface area contributed by atoms with Gasteiger partial charge >= 0.3 is 0 Å². The molecule has 0 fully saturated rings. The Morgan fingerprint density at radius 1 is 1.39 bits per heavy atom. The molecular weight excluding hydrogens is 266 g/mol. The van der Waals surface area contributed by atoms with Gasteiger partial charge in [0, 0.05) is 11.3 Å². The summed E-state index contributed by atoms with van der Waals surface area (Å²) in [5, 5.41) is 3.11. The van der Waals surface area contributed by atoms with Crippen molar-refractivity contribution in [2.24, 2.45) is 0 Å². The Balaban J connectivity index is 2.28. The van der Waals surface area contributed by atoms with Crippen molar-refractivity contribution in [2.75, 3.05) is 13.0 Å². The number of nitrogens with zero attached hydrogens (tertiary/aromatic N) is 1. The number of thiazole rings is 1. The van der Waals surface area contributed by atoms with Gasteiger partial charge in [-0.1, -0.05) is 6.07 Å². The lowest BCUT2D eigenvalue weighted by atomic mass is 10.1. The van der Waals surface area contributed by atoms with E-state index in [-0.39, 0.29) is 0 Å². The first kappa shape index (κ1) is 13.4. The second-order valence-electron chi connectivity index (χ2n) is 4.14. The van der Waals surface area contributed by atoms with Crippen molar-refractivity contribution in [3.63, 3.8) is 0 Å². The number of aryl methyl sites for hydroxylation is 2. The van der Waals surface area contributed by atoms with Gasteiger partial charge in [0.15, 0.2) is 0 Å². The maximum absolute atomic E-state index is 5.70. The summed E-state index contributed by atoms with van der Waals surface area (Å²) in [5.41, 5.74) is 3.36. The number of hydrogen-bond donors (Lipinski definition) is 0. The number of alkyl halides is 1. The van der Waals surface area contributed by atoms with Crippen molar-refractivity contribution in [3.8, 4) is 16.3 Å². The highest BCUT2D eigenvalue weighted by atomic mass is 35.5. The van der Waals surface area contributed by atoms with E-state index < -0.39 is 0 Å². The van der Waals surface area contributed by atoms with E-state index >= 15 is 0 Å². The Morgan fingerprint density at radius 2 is 2.22 bits per heavy atom. The first-order chi connectivity index (χ1) is 8.74. The highest BCUT2D eigenvalue weighted by molar-refractivity contribution is 7.13. The van der Waals surface area contributed by atoms with E-state index in [4.69, 9.17) is 16.3 Å². The molecule has 0 unspecified atom stereocenters. The molecule has 0 bridgehead atoms. The minimum absolute atomic E-state index is 0.681. The zero-order chi connectivity index (χ0) is 13.0. The standard InChI is InChI=1S/C14H16ClNOS/c1-10-5-6-12(13(8-10)17-2)14-16-11(9-18-14)4-3-7-15/h5-6,8-9H,3-4,7H2,1-2H3. The quantitative estimate of drug-likeness (QED) is 0.763. The summed E-state index contributed by atoms with van der Waals surface area (Å²) < 4.78 is 5.42. The van der Waals surface area contributed by atoms with E-state index in [2.05, 4.69) is 29.4 Å². The fourth-order valence-electron chi connectivity index (χ4n) is 1.77. The van der Waals surface area contributed by atoms with Crippen LogP contribution in [0.1, 0.15) is 17.7 Å². The average molecular weight is 282 g/mol. The minimum Gasteiger partial charge on any atom is -0.496 e. The highest BCUT2D eigenvalue weighted by Gasteiger charge is 2.10. The van der Waals surface area contributed by atoms with Crippen LogP contribution in [-0.2, 0) is 6.42 Å². The van der Waals surface area contributed by atoms with E-state index in [9.17, 15) is 0 Å². The molecule has 0 amide bonds. The molecule has 18 heavy (non-hydrogen) atoms. The molecule has 0 aliphatic rings. The number of halogens is 1. The van der Waals surface area contributed by atoms with E-state index in [0.717, 1.165) is 34.9 Å². The van der Waals surface area contributed by atoms with Gasteiger partial charge in [0.2, 0.25) is 0 Å². The molecular formula is C14H16ClNOS. The Labute approximate surface area is 117 Å². The zero-order valence-corrected chi connectivity index (χ0v) is 12.1. The number of aromatic nitrogens is 1. The summed E-state index contributed by atoms with van der Waals surface area (Å²) in [6, 6.07) is 6.19. The van der Waals surface area contributed by atoms with Crippen molar-refractivity contribution in [2.45, 2.75) is 19.8 Å². The van der Waals surface area contributed by atoms with Gasteiger partial charge in [-0.15, -0.1) is 22.9 Å². The van der Waals surface area contributed by atoms with E-state index in [0.29, 0.717) is 5.88 Å². The molecule has 1 heterocycles. The summed E-state index contributed by atoms with van der Waals surface area (Å²) in [4.78, 5) is 4.64. The van der Waals surface area contributed by atoms with Gasteiger partial charge in [-0.05, 0) is 37.5 Å². The van der Waals surface area contributed by atoms with Gasteiger partial charge < -0.3 is 4.74 Å². The number of hydrogen-bond acceptors (Lipinski definition) is 3. The first-order valence-corrected chi connectivity index (χ1v) is 7.31. The third-order valence-corrected chi connectivity index (χ3v) is 3.90. The van der Waals surface area contributed by atoms with Gasteiger partial charge in [-0.2, -0.15) is 0 Å². The average Bonchev–Trinajstić information content (AvgIpc) is 2.84. The SMILES string of the molecule is COc1cc(C)ccc1-c1nc(CCCCl)cs1. The molecule has 0 aliphatic heterocycles. The molecule has 2 nitrogen and oxygen atoms in total. The summed E-state index contributed by atoms with van der Waals surface area (Å²) in [7, 11) is 1.69. The van der Waals surface area contributed by atoms with Gasteiger partial charge in [-0.25, -0.2) is 4.98 Å². The summed E-state index contributed by atoms with van der Waals surface area (Å²) >= 11 is 7.35. The van der Waals surface area contributed by atoms with Crippen LogP contribution in [0, 0.1) is 6.92 Å². The van der Waals surface area contributed by atoms with Crippen LogP contribution in [0.15, 0.2) is 23.6 Å². The molecule has 0 aliphatic carbocycles. The minimum atomic E-state index is 0.681. The lowest BCUT2D eigenvalue weighted by molar-refractivity contribution is 0.416. The van der Waals surface area contributed by atoms with Gasteiger partial charge in [0.1, 0.15) is 10.8 Å². The molecule has 0 saturated heterocycles. The fraction of sp³-hybridized carbons (Fsp3) is 0.357. The number of rotatable bonds is 5. The van der Waals surface area contributed by atoms with Gasteiger partial charge in [0.05, 0.1) is 18.4 Å². The smallest absolute Gasteiger partial charge is 0.129 e. The van der Waals surface area contributed by atoms with E-state index in [1.165, 1.54) is 5.56 Å². The van der Waals surface area contributed by atoms with Crippen LogP contribution in [0.25, 0.3) is 10.6 Å². The van der Waals surface area contributed by atoms with Crippen molar-refractivity contribution in [3.05, 3.63) is 34.8 Å². The van der Waals surface area contributed by atoms with E-state index in [1.807, 2.05) is 6.07 Å². The van der Waals surface area contributed by atoms with Crippen LogP contribution >= 0.6 is 22.9 Å². The molecule has 1 aromatic carbocycles. The molecule has 0 N–H and O–H groups in total. The molecule has 1 aromatic heterocycles. The summed E-state index contributed by atoms with van der Waals surface area (Å²) in [6.07, 6.45) is 1.91. The van der Waals surface area contributed by atoms with Crippen LogP contribution in [0.4, 0.5) is 0 Å². The third kappa shape index (κ3) is 3.03. The first-order valence-electron chi connectivity index (χ1n) is 5.90. The molecule has 0 spiro atoms. The Bertz CT molecular complexity index is 524. The predicted molar refractivity (Wildman–Crippen MR) is 77.9 cm³/mol. The Morgan fingerprint density at radius 3 is 2.94 bits per heavy atom. The van der Waals surface area contributed by atoms with Crippen LogP contribution in [0.2, 0.25) is 0 Å². The normalized spacial score (nSPS) is 10.6. The lowest BCUT2D eigenvalue weighted by Gasteiger charge is -2.06. The maximum atomic E-state index is 5.70. The second-order valence-corrected chi connectivity index (χ2v) is 5.38. The molecule has 2 rings (SSSR count). The molecule has 0 saturated carbocycles. The summed E-state index contributed by atoms with van der Waals surface area (Å²) in [6.45, 7) is 2.06. The number of ether oxygens (including phenoxy) is 1. The largest absolute Gasteiger partial charge is 0.496 e. The number of methoxy groups -OCH3 is 1. The fourth-order valence-corrected chi connectivity index (χ4v) is 2.79. The van der Waals surface area contributed by atoms with Crippen molar-refractivity contribution < 1.29 is 4.74 Å². The predicted octanol–water partition coefficient (Wildman–Crippen LogP) is 4.30. The van der Waals surface area contributed by atoms with Crippen LogP contribution in [-0.4, -0.2) is 18.0 Å².